The summed E-state index contributed by atoms with van der Waals surface area (Å²) in [6.45, 7) is 0.144. The minimum atomic E-state index is -4.50. The maximum atomic E-state index is 13.7. The molecular formula is C27H27F3N4O4. The first-order valence-corrected chi connectivity index (χ1v) is 12.8. The van der Waals surface area contributed by atoms with Gasteiger partial charge in [-0.05, 0) is 44.6 Å². The molecule has 11 heteroatoms. The number of benzene rings is 1. The van der Waals surface area contributed by atoms with Gasteiger partial charge in [0.15, 0.2) is 0 Å². The molecule has 0 spiro atoms. The molecule has 1 saturated carbocycles. The Balaban J connectivity index is 1.19. The van der Waals surface area contributed by atoms with Gasteiger partial charge in [-0.2, -0.15) is 13.2 Å². The molecule has 0 radical (unpaired) electrons. The van der Waals surface area contributed by atoms with Gasteiger partial charge in [-0.25, -0.2) is 14.8 Å². The van der Waals surface area contributed by atoms with Gasteiger partial charge in [0, 0.05) is 41.5 Å². The number of carbonyl (C=O) groups excluding carboxylic acids is 1. The highest BCUT2D eigenvalue weighted by Gasteiger charge is 2.43. The first-order chi connectivity index (χ1) is 18.3. The number of aromatic nitrogens is 3. The van der Waals surface area contributed by atoms with Crippen LogP contribution in [-0.4, -0.2) is 46.4 Å². The van der Waals surface area contributed by atoms with Crippen molar-refractivity contribution in [3.63, 3.8) is 0 Å². The molecule has 3 aliphatic rings. The Labute approximate surface area is 217 Å². The summed E-state index contributed by atoms with van der Waals surface area (Å²) >= 11 is 0. The highest BCUT2D eigenvalue weighted by Crippen LogP contribution is 2.46. The van der Waals surface area contributed by atoms with Crippen LogP contribution in [0.1, 0.15) is 71.7 Å². The lowest BCUT2D eigenvalue weighted by atomic mass is 9.98. The van der Waals surface area contributed by atoms with Crippen LogP contribution in [0.3, 0.4) is 0 Å². The third-order valence-corrected chi connectivity index (χ3v) is 7.70. The number of hydrogen-bond acceptors (Lipinski definition) is 8. The minimum absolute atomic E-state index is 0.0108. The minimum Gasteiger partial charge on any atom is -0.465 e. The number of piperidine rings is 1. The van der Waals surface area contributed by atoms with Crippen LogP contribution in [0.5, 0.6) is 0 Å². The number of rotatable bonds is 7. The summed E-state index contributed by atoms with van der Waals surface area (Å²) in [5, 5.41) is 4.09. The van der Waals surface area contributed by atoms with Gasteiger partial charge >= 0.3 is 12.1 Å². The van der Waals surface area contributed by atoms with Crippen molar-refractivity contribution in [2.75, 3.05) is 12.0 Å². The number of halogens is 3. The molecule has 0 amide bonds. The SMILES string of the molecule is COC(=O)c1cnc(N2C3CC[C@H]2CC(OCc2c(-c4ccccc4C(F)(F)F)noc2C2CC2)C3)nc1. The molecule has 1 aliphatic carbocycles. The summed E-state index contributed by atoms with van der Waals surface area (Å²) in [4.78, 5) is 22.7. The molecule has 2 aliphatic heterocycles. The van der Waals surface area contributed by atoms with Crippen LogP contribution >= 0.6 is 0 Å². The van der Waals surface area contributed by atoms with Crippen molar-refractivity contribution in [2.24, 2.45) is 0 Å². The Hall–Kier alpha value is -3.47. The zero-order valence-corrected chi connectivity index (χ0v) is 20.8. The van der Waals surface area contributed by atoms with Gasteiger partial charge in [0.05, 0.1) is 30.9 Å². The molecule has 2 unspecified atom stereocenters. The summed E-state index contributed by atoms with van der Waals surface area (Å²) in [6.07, 6.45) is 3.68. The summed E-state index contributed by atoms with van der Waals surface area (Å²) < 4.78 is 57.9. The van der Waals surface area contributed by atoms with E-state index >= 15 is 0 Å². The zero-order valence-electron chi connectivity index (χ0n) is 20.8. The molecule has 3 fully saturated rings. The lowest BCUT2D eigenvalue weighted by Crippen LogP contribution is -2.46. The smallest absolute Gasteiger partial charge is 0.417 e. The zero-order chi connectivity index (χ0) is 26.4. The molecule has 1 aromatic carbocycles. The van der Waals surface area contributed by atoms with Gasteiger partial charge in [-0.1, -0.05) is 23.4 Å². The predicted molar refractivity (Wildman–Crippen MR) is 129 cm³/mol. The number of esters is 1. The third-order valence-electron chi connectivity index (χ3n) is 7.70. The van der Waals surface area contributed by atoms with E-state index in [1.54, 1.807) is 6.07 Å². The number of carbonyl (C=O) groups is 1. The first kappa shape index (κ1) is 24.8. The molecule has 200 valence electrons. The van der Waals surface area contributed by atoms with Crippen LogP contribution < -0.4 is 4.90 Å². The number of nitrogens with zero attached hydrogens (tertiary/aromatic N) is 4. The van der Waals surface area contributed by atoms with Gasteiger partial charge in [0.25, 0.3) is 0 Å². The predicted octanol–water partition coefficient (Wildman–Crippen LogP) is 5.53. The van der Waals surface area contributed by atoms with Gasteiger partial charge in [0.1, 0.15) is 11.5 Å². The summed E-state index contributed by atoms with van der Waals surface area (Å²) in [6, 6.07) is 5.81. The van der Waals surface area contributed by atoms with Crippen LogP contribution in [0.25, 0.3) is 11.3 Å². The fraction of sp³-hybridized carbons (Fsp3) is 0.481. The highest BCUT2D eigenvalue weighted by atomic mass is 19.4. The van der Waals surface area contributed by atoms with Crippen LogP contribution in [0.2, 0.25) is 0 Å². The summed E-state index contributed by atoms with van der Waals surface area (Å²) in [7, 11) is 1.31. The third kappa shape index (κ3) is 4.63. The lowest BCUT2D eigenvalue weighted by molar-refractivity contribution is -0.137. The topological polar surface area (TPSA) is 90.6 Å². The van der Waals surface area contributed by atoms with E-state index in [4.69, 9.17) is 14.0 Å². The number of anilines is 1. The van der Waals surface area contributed by atoms with Crippen molar-refractivity contribution in [3.05, 3.63) is 59.1 Å². The fourth-order valence-electron chi connectivity index (χ4n) is 5.74. The van der Waals surface area contributed by atoms with Crippen molar-refractivity contribution >= 4 is 11.9 Å². The fourth-order valence-corrected chi connectivity index (χ4v) is 5.74. The van der Waals surface area contributed by atoms with E-state index in [9.17, 15) is 18.0 Å². The molecule has 38 heavy (non-hydrogen) atoms. The largest absolute Gasteiger partial charge is 0.465 e. The van der Waals surface area contributed by atoms with Crippen molar-refractivity contribution in [3.8, 4) is 11.3 Å². The van der Waals surface area contributed by atoms with E-state index < -0.39 is 17.7 Å². The van der Waals surface area contributed by atoms with Crippen LogP contribution in [0.15, 0.2) is 41.2 Å². The molecule has 2 bridgehead atoms. The van der Waals surface area contributed by atoms with Crippen molar-refractivity contribution in [1.29, 1.82) is 0 Å². The normalized spacial score (nSPS) is 23.1. The standard InChI is InChI=1S/C27H27F3N4O4/c1-36-25(35)16-12-31-26(32-13-16)34-17-8-9-18(34)11-19(10-17)37-14-21-23(33-38-24(21)15-6-7-15)20-4-2-3-5-22(20)27(28,29)30/h2-5,12-13,15,17-19H,6-11,14H2,1H3/t17-,18?,19?/m0/s1. The van der Waals surface area contributed by atoms with Crippen molar-refractivity contribution in [2.45, 2.75) is 75.4 Å². The average molecular weight is 529 g/mol. The number of ether oxygens (including phenoxy) is 2. The average Bonchev–Trinajstić information content (AvgIpc) is 3.62. The van der Waals surface area contributed by atoms with E-state index in [0.717, 1.165) is 44.6 Å². The van der Waals surface area contributed by atoms with Crippen LogP contribution in [-0.2, 0) is 22.3 Å². The molecule has 6 rings (SSSR count). The molecule has 2 saturated heterocycles. The number of alkyl halides is 3. The monoisotopic (exact) mass is 528 g/mol. The van der Waals surface area contributed by atoms with Crippen molar-refractivity contribution in [1.82, 2.24) is 15.1 Å². The summed E-state index contributed by atoms with van der Waals surface area (Å²) in [5.74, 6) is 0.903. The summed E-state index contributed by atoms with van der Waals surface area (Å²) in [5.41, 5.74) is 0.392. The maximum Gasteiger partial charge on any atom is 0.417 e. The highest BCUT2D eigenvalue weighted by molar-refractivity contribution is 5.88. The van der Waals surface area contributed by atoms with E-state index in [1.807, 2.05) is 0 Å². The van der Waals surface area contributed by atoms with Gasteiger partial charge in [0.2, 0.25) is 5.95 Å². The second-order valence-electron chi connectivity index (χ2n) is 10.2. The van der Waals surface area contributed by atoms with Gasteiger partial charge in [-0.15, -0.1) is 0 Å². The van der Waals surface area contributed by atoms with Gasteiger partial charge in [-0.3, -0.25) is 0 Å². The Morgan fingerprint density at radius 2 is 1.76 bits per heavy atom. The Morgan fingerprint density at radius 3 is 2.39 bits per heavy atom. The Bertz CT molecular complexity index is 1310. The molecule has 2 aromatic heterocycles. The number of methoxy groups -OCH3 is 1. The van der Waals surface area contributed by atoms with E-state index in [-0.39, 0.29) is 42.0 Å². The number of hydrogen-bond donors (Lipinski definition) is 0. The molecule has 0 N–H and O–H groups in total. The molecular weight excluding hydrogens is 501 g/mol. The second kappa shape index (κ2) is 9.68. The van der Waals surface area contributed by atoms with Gasteiger partial charge < -0.3 is 18.9 Å². The first-order valence-electron chi connectivity index (χ1n) is 12.8. The van der Waals surface area contributed by atoms with Crippen LogP contribution in [0, 0.1) is 0 Å². The van der Waals surface area contributed by atoms with E-state index in [2.05, 4.69) is 20.0 Å². The molecule has 3 atom stereocenters. The Morgan fingerprint density at radius 1 is 1.08 bits per heavy atom. The van der Waals surface area contributed by atoms with Crippen molar-refractivity contribution < 1.29 is 32.0 Å². The second-order valence-corrected chi connectivity index (χ2v) is 10.2. The molecule has 8 nitrogen and oxygen atoms in total. The lowest BCUT2D eigenvalue weighted by Gasteiger charge is -2.38. The van der Waals surface area contributed by atoms with Crippen LogP contribution in [0.4, 0.5) is 19.1 Å². The Kier molecular flexibility index (Phi) is 6.33. The maximum absolute atomic E-state index is 13.7. The molecule has 4 heterocycles. The van der Waals surface area contributed by atoms with E-state index in [0.29, 0.717) is 22.8 Å². The quantitative estimate of drug-likeness (QED) is 0.370. The number of fused-ring (bicyclic) bond motifs is 2. The molecule has 3 aromatic rings. The van der Waals surface area contributed by atoms with E-state index in [1.165, 1.54) is 31.6 Å².